The fraction of sp³-hybridized carbons (Fsp3) is 0.0833. The van der Waals surface area contributed by atoms with E-state index >= 15 is 0 Å². The smallest absolute Gasteiger partial charge is 0.130 e. The molecule has 0 atom stereocenters. The average Bonchev–Trinajstić information content (AvgIpc) is 2.32. The van der Waals surface area contributed by atoms with E-state index in [1.54, 1.807) is 30.5 Å². The first-order chi connectivity index (χ1) is 7.78. The maximum atomic E-state index is 9.14. The molecule has 16 heavy (non-hydrogen) atoms. The van der Waals surface area contributed by atoms with Crippen LogP contribution in [0.1, 0.15) is 5.56 Å². The molecule has 2 aromatic rings. The molecule has 2 rings (SSSR count). The van der Waals surface area contributed by atoms with Crippen molar-refractivity contribution in [2.45, 2.75) is 6.54 Å². The van der Waals surface area contributed by atoms with Crippen molar-refractivity contribution < 1.29 is 5.11 Å². The van der Waals surface area contributed by atoms with Crippen LogP contribution in [0.15, 0.2) is 42.6 Å². The van der Waals surface area contributed by atoms with Crippen LogP contribution in [0.25, 0.3) is 0 Å². The van der Waals surface area contributed by atoms with E-state index in [-0.39, 0.29) is 5.75 Å². The van der Waals surface area contributed by atoms with Gasteiger partial charge in [0.2, 0.25) is 0 Å². The Balaban J connectivity index is 2.16. The number of phenols is 1. The summed E-state index contributed by atoms with van der Waals surface area (Å²) < 4.78 is 0. The molecular weight excluding hydrogens is 202 g/mol. The number of anilines is 2. The lowest BCUT2D eigenvalue weighted by molar-refractivity contribution is 0.475. The van der Waals surface area contributed by atoms with Crippen LogP contribution in [-0.4, -0.2) is 10.1 Å². The standard InChI is InChI=1S/C12H13N3O/c13-8-9-5-6-14-12(7-9)15-10-1-3-11(16)4-2-10/h1-7,16H,8,13H2,(H,14,15). The summed E-state index contributed by atoms with van der Waals surface area (Å²) >= 11 is 0. The molecule has 4 nitrogen and oxygen atoms in total. The highest BCUT2D eigenvalue weighted by Crippen LogP contribution is 2.18. The van der Waals surface area contributed by atoms with Crippen LogP contribution in [0, 0.1) is 0 Å². The molecule has 1 aromatic heterocycles. The number of nitrogens with one attached hydrogen (secondary N) is 1. The van der Waals surface area contributed by atoms with Crippen LogP contribution >= 0.6 is 0 Å². The van der Waals surface area contributed by atoms with Gasteiger partial charge in [0.15, 0.2) is 0 Å². The first kappa shape index (κ1) is 10.4. The highest BCUT2D eigenvalue weighted by atomic mass is 16.3. The number of nitrogens with two attached hydrogens (primary N) is 1. The van der Waals surface area contributed by atoms with Crippen molar-refractivity contribution in [3.05, 3.63) is 48.2 Å². The van der Waals surface area contributed by atoms with Gasteiger partial charge in [-0.2, -0.15) is 0 Å². The molecule has 0 spiro atoms. The van der Waals surface area contributed by atoms with E-state index in [2.05, 4.69) is 10.3 Å². The van der Waals surface area contributed by atoms with Gasteiger partial charge in [-0.3, -0.25) is 0 Å². The van der Waals surface area contributed by atoms with E-state index in [0.717, 1.165) is 17.1 Å². The van der Waals surface area contributed by atoms with Crippen molar-refractivity contribution >= 4 is 11.5 Å². The topological polar surface area (TPSA) is 71.2 Å². The Labute approximate surface area is 93.8 Å². The highest BCUT2D eigenvalue weighted by molar-refractivity contribution is 5.57. The second-order valence-corrected chi connectivity index (χ2v) is 3.43. The number of hydrogen-bond acceptors (Lipinski definition) is 4. The van der Waals surface area contributed by atoms with Gasteiger partial charge in [0, 0.05) is 18.4 Å². The fourth-order valence-electron chi connectivity index (χ4n) is 1.36. The van der Waals surface area contributed by atoms with Crippen LogP contribution in [0.5, 0.6) is 5.75 Å². The monoisotopic (exact) mass is 215 g/mol. The summed E-state index contributed by atoms with van der Waals surface area (Å²) in [5, 5.41) is 12.3. The van der Waals surface area contributed by atoms with E-state index in [4.69, 9.17) is 10.8 Å². The van der Waals surface area contributed by atoms with E-state index in [1.165, 1.54) is 0 Å². The molecule has 0 saturated carbocycles. The molecule has 0 aliphatic carbocycles. The fourth-order valence-corrected chi connectivity index (χ4v) is 1.36. The second kappa shape index (κ2) is 4.63. The van der Waals surface area contributed by atoms with Crippen LogP contribution in [0.2, 0.25) is 0 Å². The zero-order chi connectivity index (χ0) is 11.4. The lowest BCUT2D eigenvalue weighted by Crippen LogP contribution is -1.99. The van der Waals surface area contributed by atoms with Crippen LogP contribution in [0.4, 0.5) is 11.5 Å². The molecule has 0 radical (unpaired) electrons. The van der Waals surface area contributed by atoms with E-state index in [1.807, 2.05) is 12.1 Å². The van der Waals surface area contributed by atoms with Crippen LogP contribution in [0.3, 0.4) is 0 Å². The Morgan fingerprint density at radius 2 is 1.94 bits per heavy atom. The van der Waals surface area contributed by atoms with Gasteiger partial charge in [-0.25, -0.2) is 4.98 Å². The Hall–Kier alpha value is -2.07. The quantitative estimate of drug-likeness (QED) is 0.685. The molecule has 4 heteroatoms. The third-order valence-corrected chi connectivity index (χ3v) is 2.20. The van der Waals surface area contributed by atoms with Gasteiger partial charge < -0.3 is 16.2 Å². The minimum absolute atomic E-state index is 0.245. The van der Waals surface area contributed by atoms with Gasteiger partial charge >= 0.3 is 0 Å². The summed E-state index contributed by atoms with van der Waals surface area (Å²) in [6, 6.07) is 10.6. The predicted octanol–water partition coefficient (Wildman–Crippen LogP) is 1.99. The summed E-state index contributed by atoms with van der Waals surface area (Å²) in [4.78, 5) is 4.18. The predicted molar refractivity (Wildman–Crippen MR) is 63.5 cm³/mol. The number of phenolic OH excluding ortho intramolecular Hbond substituents is 1. The number of pyridine rings is 1. The lowest BCUT2D eigenvalue weighted by Gasteiger charge is -2.06. The molecule has 4 N–H and O–H groups in total. The molecule has 0 unspecified atom stereocenters. The molecule has 0 bridgehead atoms. The summed E-state index contributed by atoms with van der Waals surface area (Å²) in [6.45, 7) is 0.493. The van der Waals surface area contributed by atoms with Gasteiger partial charge in [0.25, 0.3) is 0 Å². The minimum Gasteiger partial charge on any atom is -0.508 e. The van der Waals surface area contributed by atoms with Crippen molar-refractivity contribution in [1.82, 2.24) is 4.98 Å². The highest BCUT2D eigenvalue weighted by Gasteiger charge is 1.97. The minimum atomic E-state index is 0.245. The third kappa shape index (κ3) is 2.49. The van der Waals surface area contributed by atoms with Crippen molar-refractivity contribution in [3.63, 3.8) is 0 Å². The number of aromatic nitrogens is 1. The Bertz CT molecular complexity index is 468. The lowest BCUT2D eigenvalue weighted by atomic mass is 10.2. The molecule has 1 aromatic carbocycles. The summed E-state index contributed by atoms with van der Waals surface area (Å²) in [5.74, 6) is 0.989. The number of hydrogen-bond donors (Lipinski definition) is 3. The molecule has 0 fully saturated rings. The van der Waals surface area contributed by atoms with Gasteiger partial charge in [0.05, 0.1) is 0 Å². The maximum absolute atomic E-state index is 9.14. The van der Waals surface area contributed by atoms with Gasteiger partial charge in [-0.15, -0.1) is 0 Å². The van der Waals surface area contributed by atoms with Gasteiger partial charge in [0.1, 0.15) is 11.6 Å². The van der Waals surface area contributed by atoms with Crippen LogP contribution in [-0.2, 0) is 6.54 Å². The SMILES string of the molecule is NCc1ccnc(Nc2ccc(O)cc2)c1. The number of aromatic hydroxyl groups is 1. The van der Waals surface area contributed by atoms with E-state index in [0.29, 0.717) is 6.54 Å². The molecule has 0 amide bonds. The van der Waals surface area contributed by atoms with Gasteiger partial charge in [-0.05, 0) is 42.0 Å². The van der Waals surface area contributed by atoms with Crippen molar-refractivity contribution in [2.24, 2.45) is 5.73 Å². The first-order valence-corrected chi connectivity index (χ1v) is 4.99. The number of rotatable bonds is 3. The van der Waals surface area contributed by atoms with Crippen molar-refractivity contribution in [3.8, 4) is 5.75 Å². The normalized spacial score (nSPS) is 10.1. The molecule has 82 valence electrons. The summed E-state index contributed by atoms with van der Waals surface area (Å²) in [6.07, 6.45) is 1.71. The maximum Gasteiger partial charge on any atom is 0.130 e. The zero-order valence-electron chi connectivity index (χ0n) is 8.72. The molecule has 1 heterocycles. The third-order valence-electron chi connectivity index (χ3n) is 2.20. The summed E-state index contributed by atoms with van der Waals surface area (Å²) in [5.41, 5.74) is 7.44. The van der Waals surface area contributed by atoms with Crippen molar-refractivity contribution in [2.75, 3.05) is 5.32 Å². The number of nitrogens with zero attached hydrogens (tertiary/aromatic N) is 1. The second-order valence-electron chi connectivity index (χ2n) is 3.43. The Kier molecular flexibility index (Phi) is 3.03. The Morgan fingerprint density at radius 3 is 2.62 bits per heavy atom. The van der Waals surface area contributed by atoms with E-state index in [9.17, 15) is 0 Å². The molecule has 0 aliphatic rings. The van der Waals surface area contributed by atoms with Crippen molar-refractivity contribution in [1.29, 1.82) is 0 Å². The van der Waals surface area contributed by atoms with Gasteiger partial charge in [-0.1, -0.05) is 0 Å². The summed E-state index contributed by atoms with van der Waals surface area (Å²) in [7, 11) is 0. The average molecular weight is 215 g/mol. The van der Waals surface area contributed by atoms with Crippen LogP contribution < -0.4 is 11.1 Å². The first-order valence-electron chi connectivity index (χ1n) is 4.99. The molecule has 0 aliphatic heterocycles. The zero-order valence-corrected chi connectivity index (χ0v) is 8.72. The largest absolute Gasteiger partial charge is 0.508 e. The molecular formula is C12H13N3O. The van der Waals surface area contributed by atoms with E-state index < -0.39 is 0 Å². The Morgan fingerprint density at radius 1 is 1.19 bits per heavy atom. The molecule has 0 saturated heterocycles. The number of benzene rings is 1.